The molecule has 0 unspecified atom stereocenters. The van der Waals surface area contributed by atoms with E-state index in [1.807, 2.05) is 0 Å². The normalized spacial score (nSPS) is 9.89. The van der Waals surface area contributed by atoms with Crippen molar-refractivity contribution in [2.24, 2.45) is 5.73 Å². The summed E-state index contributed by atoms with van der Waals surface area (Å²) in [6.07, 6.45) is -0.281. The van der Waals surface area contributed by atoms with Gasteiger partial charge < -0.3 is 15.2 Å². The van der Waals surface area contributed by atoms with Crippen molar-refractivity contribution in [3.05, 3.63) is 29.8 Å². The van der Waals surface area contributed by atoms with Crippen LogP contribution in [0.1, 0.15) is 23.7 Å². The highest BCUT2D eigenvalue weighted by Gasteiger charge is 2.16. The second kappa shape index (κ2) is 7.45. The van der Waals surface area contributed by atoms with Crippen molar-refractivity contribution < 1.29 is 19.1 Å². The van der Waals surface area contributed by atoms with Crippen LogP contribution in [0.3, 0.4) is 0 Å². The lowest BCUT2D eigenvalue weighted by Gasteiger charge is -2.09. The van der Waals surface area contributed by atoms with Crippen LogP contribution in [0, 0.1) is 0 Å². The number of ether oxygens (including phenoxy) is 2. The summed E-state index contributed by atoms with van der Waals surface area (Å²) < 4.78 is 10.1. The maximum atomic E-state index is 11.9. The van der Waals surface area contributed by atoms with E-state index in [0.717, 1.165) is 0 Å². The van der Waals surface area contributed by atoms with Crippen LogP contribution < -0.4 is 10.5 Å². The zero-order valence-electron chi connectivity index (χ0n) is 10.3. The lowest BCUT2D eigenvalue weighted by molar-refractivity contribution is -0.141. The number of nitrogens with two attached hydrogens (primary N) is 1. The minimum atomic E-state index is -0.531. The van der Waals surface area contributed by atoms with Crippen molar-refractivity contribution >= 4 is 11.8 Å². The summed E-state index contributed by atoms with van der Waals surface area (Å²) in [4.78, 5) is 23.2. The van der Waals surface area contributed by atoms with Crippen LogP contribution in [-0.4, -0.2) is 31.5 Å². The molecule has 0 amide bonds. The van der Waals surface area contributed by atoms with Gasteiger partial charge in [0.1, 0.15) is 18.8 Å². The molecule has 0 atom stereocenters. The van der Waals surface area contributed by atoms with Gasteiger partial charge in [0.25, 0.3) is 0 Å². The van der Waals surface area contributed by atoms with Crippen molar-refractivity contribution in [2.45, 2.75) is 13.3 Å². The van der Waals surface area contributed by atoms with Gasteiger partial charge in [-0.1, -0.05) is 12.1 Å². The first-order valence-electron chi connectivity index (χ1n) is 5.79. The van der Waals surface area contributed by atoms with Gasteiger partial charge in [0.15, 0.2) is 5.78 Å². The third-order valence-electron chi connectivity index (χ3n) is 2.17. The van der Waals surface area contributed by atoms with E-state index in [1.54, 1.807) is 31.2 Å². The minimum Gasteiger partial charge on any atom is -0.492 e. The molecule has 18 heavy (non-hydrogen) atoms. The van der Waals surface area contributed by atoms with Crippen LogP contribution in [-0.2, 0) is 9.53 Å². The number of para-hydroxylation sites is 1. The van der Waals surface area contributed by atoms with Crippen molar-refractivity contribution in [3.8, 4) is 5.75 Å². The second-order valence-corrected chi connectivity index (χ2v) is 3.54. The Bertz CT molecular complexity index is 417. The Morgan fingerprint density at radius 3 is 2.67 bits per heavy atom. The predicted octanol–water partition coefficient (Wildman–Crippen LogP) is 1.16. The Kier molecular flexibility index (Phi) is 5.87. The van der Waals surface area contributed by atoms with E-state index < -0.39 is 5.97 Å². The van der Waals surface area contributed by atoms with Gasteiger partial charge in [-0.3, -0.25) is 9.59 Å². The molecule has 0 heterocycles. The molecule has 0 aromatic heterocycles. The minimum absolute atomic E-state index is 0.261. The van der Waals surface area contributed by atoms with E-state index in [9.17, 15) is 9.59 Å². The SMILES string of the molecule is CCOC(=O)CC(=O)c1ccccc1OCCN. The molecule has 5 nitrogen and oxygen atoms in total. The molecular formula is C13H17NO4. The Morgan fingerprint density at radius 2 is 2.00 bits per heavy atom. The van der Waals surface area contributed by atoms with E-state index in [1.165, 1.54) is 0 Å². The number of benzene rings is 1. The molecule has 0 aliphatic carbocycles. The second-order valence-electron chi connectivity index (χ2n) is 3.54. The fourth-order valence-electron chi connectivity index (χ4n) is 1.43. The molecule has 0 saturated heterocycles. The topological polar surface area (TPSA) is 78.6 Å². The standard InChI is InChI=1S/C13H17NO4/c1-2-17-13(16)9-11(15)10-5-3-4-6-12(10)18-8-7-14/h3-6H,2,7-9,14H2,1H3. The van der Waals surface area contributed by atoms with Crippen molar-refractivity contribution in [1.82, 2.24) is 0 Å². The smallest absolute Gasteiger partial charge is 0.313 e. The molecule has 0 aliphatic rings. The van der Waals surface area contributed by atoms with Crippen LogP contribution >= 0.6 is 0 Å². The maximum absolute atomic E-state index is 11.9. The molecule has 5 heteroatoms. The van der Waals surface area contributed by atoms with Crippen LogP contribution in [0.5, 0.6) is 5.75 Å². The predicted molar refractivity (Wildman–Crippen MR) is 66.6 cm³/mol. The summed E-state index contributed by atoms with van der Waals surface area (Å²) in [5.41, 5.74) is 5.71. The molecule has 0 spiro atoms. The molecule has 0 bridgehead atoms. The summed E-state index contributed by atoms with van der Waals surface area (Å²) in [5.74, 6) is -0.408. The van der Waals surface area contributed by atoms with Crippen LogP contribution in [0.15, 0.2) is 24.3 Å². The molecule has 1 aromatic carbocycles. The van der Waals surface area contributed by atoms with E-state index in [2.05, 4.69) is 0 Å². The van der Waals surface area contributed by atoms with E-state index in [4.69, 9.17) is 15.2 Å². The Hall–Kier alpha value is -1.88. The highest BCUT2D eigenvalue weighted by atomic mass is 16.5. The third kappa shape index (κ3) is 4.18. The molecule has 0 aliphatic heterocycles. The van der Waals surface area contributed by atoms with Gasteiger partial charge in [-0.2, -0.15) is 0 Å². The molecule has 0 saturated carbocycles. The Labute approximate surface area is 106 Å². The van der Waals surface area contributed by atoms with Gasteiger partial charge in [0.2, 0.25) is 0 Å². The summed E-state index contributed by atoms with van der Waals surface area (Å²) in [5, 5.41) is 0. The maximum Gasteiger partial charge on any atom is 0.313 e. The zero-order valence-corrected chi connectivity index (χ0v) is 10.3. The van der Waals surface area contributed by atoms with Crippen molar-refractivity contribution in [2.75, 3.05) is 19.8 Å². The van der Waals surface area contributed by atoms with Crippen LogP contribution in [0.25, 0.3) is 0 Å². The van der Waals surface area contributed by atoms with E-state index >= 15 is 0 Å². The first-order chi connectivity index (χ1) is 8.69. The first-order valence-corrected chi connectivity index (χ1v) is 5.79. The van der Waals surface area contributed by atoms with Crippen LogP contribution in [0.4, 0.5) is 0 Å². The van der Waals surface area contributed by atoms with E-state index in [0.29, 0.717) is 24.5 Å². The summed E-state index contributed by atoms with van der Waals surface area (Å²) in [6.45, 7) is 2.64. The monoisotopic (exact) mass is 251 g/mol. The summed E-state index contributed by atoms with van der Waals surface area (Å²) >= 11 is 0. The number of carbonyl (C=O) groups excluding carboxylic acids is 2. The largest absolute Gasteiger partial charge is 0.492 e. The third-order valence-corrected chi connectivity index (χ3v) is 2.17. The van der Waals surface area contributed by atoms with Gasteiger partial charge in [0, 0.05) is 6.54 Å². The van der Waals surface area contributed by atoms with Gasteiger partial charge >= 0.3 is 5.97 Å². The van der Waals surface area contributed by atoms with Gasteiger partial charge in [-0.15, -0.1) is 0 Å². The van der Waals surface area contributed by atoms with Gasteiger partial charge in [-0.05, 0) is 19.1 Å². The molecule has 1 rings (SSSR count). The fourth-order valence-corrected chi connectivity index (χ4v) is 1.43. The summed E-state index contributed by atoms with van der Waals surface area (Å²) in [7, 11) is 0. The Balaban J connectivity index is 2.75. The zero-order chi connectivity index (χ0) is 13.4. The van der Waals surface area contributed by atoms with Gasteiger partial charge in [0.05, 0.1) is 12.2 Å². The summed E-state index contributed by atoms with van der Waals surface area (Å²) in [6, 6.07) is 6.77. The number of esters is 1. The molecule has 0 fully saturated rings. The fraction of sp³-hybridized carbons (Fsp3) is 0.385. The molecule has 1 aromatic rings. The number of carbonyl (C=O) groups is 2. The van der Waals surface area contributed by atoms with E-state index in [-0.39, 0.29) is 18.8 Å². The lowest BCUT2D eigenvalue weighted by Crippen LogP contribution is -2.15. The molecule has 0 radical (unpaired) electrons. The molecule has 98 valence electrons. The lowest BCUT2D eigenvalue weighted by atomic mass is 10.1. The number of rotatable bonds is 7. The Morgan fingerprint density at radius 1 is 1.28 bits per heavy atom. The first kappa shape index (κ1) is 14.2. The average Bonchev–Trinajstić information content (AvgIpc) is 2.36. The van der Waals surface area contributed by atoms with Crippen molar-refractivity contribution in [3.63, 3.8) is 0 Å². The number of Topliss-reactive ketones (excluding diaryl/α,β-unsaturated/α-hetero) is 1. The number of hydrogen-bond donors (Lipinski definition) is 1. The number of ketones is 1. The van der Waals surface area contributed by atoms with Crippen molar-refractivity contribution in [1.29, 1.82) is 0 Å². The molecular weight excluding hydrogens is 234 g/mol. The quantitative estimate of drug-likeness (QED) is 0.447. The highest BCUT2D eigenvalue weighted by Crippen LogP contribution is 2.19. The molecule has 2 N–H and O–H groups in total. The van der Waals surface area contributed by atoms with Crippen LogP contribution in [0.2, 0.25) is 0 Å². The number of hydrogen-bond acceptors (Lipinski definition) is 5. The van der Waals surface area contributed by atoms with Gasteiger partial charge in [-0.25, -0.2) is 0 Å². The average molecular weight is 251 g/mol. The highest BCUT2D eigenvalue weighted by molar-refractivity contribution is 6.07.